The number of rotatable bonds is 13. The van der Waals surface area contributed by atoms with Crippen LogP contribution >= 0.6 is 0 Å². The summed E-state index contributed by atoms with van der Waals surface area (Å²) in [5.74, 6) is 0. The number of hydrogen-bond donors (Lipinski definition) is 1. The minimum atomic E-state index is -0.0133. The maximum absolute atomic E-state index is 5.85. The molecule has 2 N–H and O–H groups in total. The van der Waals surface area contributed by atoms with Crippen molar-refractivity contribution in [2.24, 2.45) is 0 Å². The molecule has 3 nitrogen and oxygen atoms in total. The highest BCUT2D eigenvalue weighted by molar-refractivity contribution is 5.75. The summed E-state index contributed by atoms with van der Waals surface area (Å²) in [6, 6.07) is 18.1. The zero-order valence-electron chi connectivity index (χ0n) is 20.5. The lowest BCUT2D eigenvalue weighted by Crippen LogP contribution is -2.24. The summed E-state index contributed by atoms with van der Waals surface area (Å²) in [5.41, 5.74) is 8.95. The molecule has 0 saturated carbocycles. The smallest absolute Gasteiger partial charge is 0.158 e. The van der Waals surface area contributed by atoms with Gasteiger partial charge in [0.05, 0.1) is 12.2 Å². The van der Waals surface area contributed by atoms with Gasteiger partial charge in [-0.05, 0) is 52.2 Å². The number of unbranched alkanes of at least 4 members (excludes halogenated alkanes) is 6. The van der Waals surface area contributed by atoms with E-state index in [1.54, 1.807) is 0 Å². The van der Waals surface area contributed by atoms with E-state index in [0.29, 0.717) is 0 Å². The molecular weight excluding hydrogens is 382 g/mol. The van der Waals surface area contributed by atoms with Crippen molar-refractivity contribution in [2.75, 3.05) is 5.73 Å². The Morgan fingerprint density at radius 2 is 1.19 bits per heavy atom. The zero-order chi connectivity index (χ0) is 22.9. The van der Waals surface area contributed by atoms with Gasteiger partial charge in [-0.2, -0.15) is 0 Å². The third-order valence-corrected chi connectivity index (χ3v) is 4.94. The molecule has 0 spiro atoms. The molecule has 0 aromatic heterocycles. The summed E-state index contributed by atoms with van der Waals surface area (Å²) in [4.78, 5) is 0. The van der Waals surface area contributed by atoms with E-state index in [4.69, 9.17) is 15.2 Å². The Morgan fingerprint density at radius 3 is 1.74 bits per heavy atom. The Balaban J connectivity index is 0.000000323. The Labute approximate surface area is 191 Å². The third-order valence-electron chi connectivity index (χ3n) is 4.94. The Hall–Kier alpha value is -1.84. The highest BCUT2D eigenvalue weighted by Gasteiger charge is 2.12. The molecule has 2 aromatic carbocycles. The average molecular weight is 428 g/mol. The van der Waals surface area contributed by atoms with E-state index in [2.05, 4.69) is 46.8 Å². The minimum Gasteiger partial charge on any atom is -0.398 e. The molecule has 0 saturated heterocycles. The molecule has 0 amide bonds. The van der Waals surface area contributed by atoms with E-state index >= 15 is 0 Å². The van der Waals surface area contributed by atoms with Crippen LogP contribution in [0.5, 0.6) is 0 Å². The quantitative estimate of drug-likeness (QED) is 0.199. The number of ether oxygens (including phenoxy) is 2. The second kappa shape index (κ2) is 16.8. The lowest BCUT2D eigenvalue weighted by Gasteiger charge is -2.23. The van der Waals surface area contributed by atoms with Crippen molar-refractivity contribution in [3.05, 3.63) is 54.6 Å². The van der Waals surface area contributed by atoms with E-state index in [9.17, 15) is 0 Å². The standard InChI is InChI=1S/C16H34O2.C12H11N/c1-6-7-8-9-10-11-12-13-16(17-14(2)3)18-15(4)5;13-12-9-5-4-8-11(12)10-6-2-1-3-7-10/h14-16H,6-13H2,1-5H3;1-9H,13H2. The van der Waals surface area contributed by atoms with Crippen LogP contribution in [0.25, 0.3) is 11.1 Å². The Morgan fingerprint density at radius 1 is 0.677 bits per heavy atom. The van der Waals surface area contributed by atoms with Crippen molar-refractivity contribution >= 4 is 5.69 Å². The fourth-order valence-corrected chi connectivity index (χ4v) is 3.42. The monoisotopic (exact) mass is 427 g/mol. The first kappa shape index (κ1) is 27.2. The largest absolute Gasteiger partial charge is 0.398 e. The summed E-state index contributed by atoms with van der Waals surface area (Å²) in [6.45, 7) is 10.5. The van der Waals surface area contributed by atoms with Gasteiger partial charge in [-0.3, -0.25) is 0 Å². The predicted octanol–water partition coefficient (Wildman–Crippen LogP) is 8.24. The van der Waals surface area contributed by atoms with Crippen LogP contribution in [-0.4, -0.2) is 18.5 Å². The number of para-hydroxylation sites is 1. The lowest BCUT2D eigenvalue weighted by molar-refractivity contribution is -0.184. The van der Waals surface area contributed by atoms with Crippen LogP contribution < -0.4 is 5.73 Å². The van der Waals surface area contributed by atoms with Crippen LogP contribution in [0.4, 0.5) is 5.69 Å². The summed E-state index contributed by atoms with van der Waals surface area (Å²) >= 11 is 0. The second-order valence-corrected chi connectivity index (χ2v) is 8.66. The van der Waals surface area contributed by atoms with Crippen molar-refractivity contribution < 1.29 is 9.47 Å². The second-order valence-electron chi connectivity index (χ2n) is 8.66. The van der Waals surface area contributed by atoms with E-state index < -0.39 is 0 Å². The van der Waals surface area contributed by atoms with E-state index in [-0.39, 0.29) is 18.5 Å². The number of nitrogens with two attached hydrogens (primary N) is 1. The topological polar surface area (TPSA) is 44.5 Å². The molecule has 0 bridgehead atoms. The molecule has 0 aliphatic rings. The van der Waals surface area contributed by atoms with Crippen LogP contribution in [0.2, 0.25) is 0 Å². The maximum atomic E-state index is 5.85. The van der Waals surface area contributed by atoms with E-state index in [0.717, 1.165) is 17.7 Å². The summed E-state index contributed by atoms with van der Waals surface area (Å²) < 4.78 is 11.6. The third kappa shape index (κ3) is 13.2. The molecule has 2 aromatic rings. The number of benzene rings is 2. The van der Waals surface area contributed by atoms with Gasteiger partial charge < -0.3 is 15.2 Å². The maximum Gasteiger partial charge on any atom is 0.158 e. The Bertz CT molecular complexity index is 660. The first-order chi connectivity index (χ1) is 14.9. The van der Waals surface area contributed by atoms with Gasteiger partial charge in [-0.1, -0.05) is 94.0 Å². The molecule has 0 aliphatic carbocycles. The molecule has 174 valence electrons. The highest BCUT2D eigenvalue weighted by atomic mass is 16.7. The van der Waals surface area contributed by atoms with Gasteiger partial charge >= 0.3 is 0 Å². The SMILES string of the molecule is CCCCCCCCCC(OC(C)C)OC(C)C.Nc1ccccc1-c1ccccc1. The predicted molar refractivity (Wildman–Crippen MR) is 135 cm³/mol. The fourth-order valence-electron chi connectivity index (χ4n) is 3.42. The van der Waals surface area contributed by atoms with Gasteiger partial charge in [-0.15, -0.1) is 0 Å². The van der Waals surface area contributed by atoms with Gasteiger partial charge in [-0.25, -0.2) is 0 Å². The van der Waals surface area contributed by atoms with E-state index in [1.807, 2.05) is 42.5 Å². The van der Waals surface area contributed by atoms with Crippen molar-refractivity contribution in [3.8, 4) is 11.1 Å². The molecule has 0 atom stereocenters. The van der Waals surface area contributed by atoms with Gasteiger partial charge in [0.15, 0.2) is 6.29 Å². The van der Waals surface area contributed by atoms with Crippen LogP contribution in [0.3, 0.4) is 0 Å². The van der Waals surface area contributed by atoms with Crippen molar-refractivity contribution in [1.29, 1.82) is 0 Å². The average Bonchev–Trinajstić information content (AvgIpc) is 2.73. The van der Waals surface area contributed by atoms with Gasteiger partial charge in [0, 0.05) is 11.3 Å². The van der Waals surface area contributed by atoms with Crippen molar-refractivity contribution in [2.45, 2.75) is 104 Å². The zero-order valence-corrected chi connectivity index (χ0v) is 20.5. The summed E-state index contributed by atoms with van der Waals surface area (Å²) in [7, 11) is 0. The normalized spacial score (nSPS) is 11.1. The van der Waals surface area contributed by atoms with Crippen molar-refractivity contribution in [3.63, 3.8) is 0 Å². The highest BCUT2D eigenvalue weighted by Crippen LogP contribution is 2.24. The van der Waals surface area contributed by atoms with Gasteiger partial charge in [0.2, 0.25) is 0 Å². The molecule has 2 rings (SSSR count). The first-order valence-corrected chi connectivity index (χ1v) is 12.1. The Kier molecular flexibility index (Phi) is 14.7. The molecule has 31 heavy (non-hydrogen) atoms. The molecule has 0 radical (unpaired) electrons. The molecule has 0 aliphatic heterocycles. The van der Waals surface area contributed by atoms with Gasteiger partial charge in [0.1, 0.15) is 0 Å². The molecular formula is C28H45NO2. The minimum absolute atomic E-state index is 0.0133. The summed E-state index contributed by atoms with van der Waals surface area (Å²) in [5, 5.41) is 0. The number of nitrogen functional groups attached to an aromatic ring is 1. The van der Waals surface area contributed by atoms with E-state index in [1.165, 1.54) is 50.5 Å². The fraction of sp³-hybridized carbons (Fsp3) is 0.571. The summed E-state index contributed by atoms with van der Waals surface area (Å²) in [6.07, 6.45) is 10.9. The van der Waals surface area contributed by atoms with Gasteiger partial charge in [0.25, 0.3) is 0 Å². The molecule has 0 fully saturated rings. The van der Waals surface area contributed by atoms with Crippen LogP contribution in [0.1, 0.15) is 86.0 Å². The molecule has 0 unspecified atom stereocenters. The van der Waals surface area contributed by atoms with Crippen LogP contribution in [0.15, 0.2) is 54.6 Å². The van der Waals surface area contributed by atoms with Crippen LogP contribution in [-0.2, 0) is 9.47 Å². The van der Waals surface area contributed by atoms with Crippen LogP contribution in [0, 0.1) is 0 Å². The number of hydrogen-bond acceptors (Lipinski definition) is 3. The number of anilines is 1. The molecule has 0 heterocycles. The molecule has 3 heteroatoms. The first-order valence-electron chi connectivity index (χ1n) is 12.1. The van der Waals surface area contributed by atoms with Crippen molar-refractivity contribution in [1.82, 2.24) is 0 Å². The lowest BCUT2D eigenvalue weighted by atomic mass is 10.0.